The highest BCUT2D eigenvalue weighted by molar-refractivity contribution is 5.92. The number of rotatable bonds is 1. The first-order valence-corrected chi connectivity index (χ1v) is 5.39. The zero-order valence-electron chi connectivity index (χ0n) is 9.66. The number of fused-ring (bicyclic) bond motifs is 1. The Morgan fingerprint density at radius 3 is 2.59 bits per heavy atom. The second-order valence-electron chi connectivity index (χ2n) is 4.32. The lowest BCUT2D eigenvalue weighted by molar-refractivity contribution is 0.475. The number of halogens is 1. The molecule has 2 aromatic rings. The van der Waals surface area contributed by atoms with Gasteiger partial charge >= 0.3 is 0 Å². The largest absolute Gasteiger partial charge is 0.508 e. The van der Waals surface area contributed by atoms with E-state index in [1.165, 1.54) is 6.07 Å². The van der Waals surface area contributed by atoms with Crippen molar-refractivity contribution in [3.63, 3.8) is 0 Å². The predicted molar refractivity (Wildman–Crippen MR) is 64.4 cm³/mol. The first-order chi connectivity index (χ1) is 8.04. The van der Waals surface area contributed by atoms with Crippen LogP contribution in [0.2, 0.25) is 0 Å². The summed E-state index contributed by atoms with van der Waals surface area (Å²) in [5.41, 5.74) is 0.835. The van der Waals surface area contributed by atoms with Crippen molar-refractivity contribution in [2.45, 2.75) is 19.8 Å². The van der Waals surface area contributed by atoms with E-state index >= 15 is 0 Å². The third-order valence-electron chi connectivity index (χ3n) is 2.82. The highest BCUT2D eigenvalue weighted by Gasteiger charge is 2.14. The number of hydrogen-bond acceptors (Lipinski definition) is 2. The van der Waals surface area contributed by atoms with Crippen LogP contribution in [0.3, 0.4) is 0 Å². The molecule has 0 aliphatic carbocycles. The summed E-state index contributed by atoms with van der Waals surface area (Å²) in [6.45, 7) is 3.89. The van der Waals surface area contributed by atoms with Gasteiger partial charge in [0.1, 0.15) is 17.6 Å². The van der Waals surface area contributed by atoms with Gasteiger partial charge in [-0.15, -0.1) is 0 Å². The molecular weight excluding hydrogens is 217 g/mol. The van der Waals surface area contributed by atoms with E-state index in [1.807, 2.05) is 19.9 Å². The van der Waals surface area contributed by atoms with Gasteiger partial charge in [0.05, 0.1) is 5.56 Å². The van der Waals surface area contributed by atoms with Crippen LogP contribution in [0.15, 0.2) is 24.3 Å². The lowest BCUT2D eigenvalue weighted by Crippen LogP contribution is -1.94. The first kappa shape index (κ1) is 11.4. The van der Waals surface area contributed by atoms with Gasteiger partial charge in [0.2, 0.25) is 0 Å². The summed E-state index contributed by atoms with van der Waals surface area (Å²) in [7, 11) is 0. The molecule has 0 unspecified atom stereocenters. The van der Waals surface area contributed by atoms with Gasteiger partial charge in [-0.2, -0.15) is 5.26 Å². The summed E-state index contributed by atoms with van der Waals surface area (Å²) >= 11 is 0. The van der Waals surface area contributed by atoms with Gasteiger partial charge < -0.3 is 5.11 Å². The van der Waals surface area contributed by atoms with Gasteiger partial charge in [-0.05, 0) is 35.1 Å². The molecule has 0 amide bonds. The van der Waals surface area contributed by atoms with Gasteiger partial charge in [-0.1, -0.05) is 19.9 Å². The molecule has 0 heterocycles. The van der Waals surface area contributed by atoms with Crippen molar-refractivity contribution in [3.05, 3.63) is 41.2 Å². The molecule has 17 heavy (non-hydrogen) atoms. The average molecular weight is 229 g/mol. The van der Waals surface area contributed by atoms with E-state index in [1.54, 1.807) is 18.2 Å². The van der Waals surface area contributed by atoms with Crippen LogP contribution in [0.5, 0.6) is 5.75 Å². The lowest BCUT2D eigenvalue weighted by Gasteiger charge is -2.12. The van der Waals surface area contributed by atoms with Crippen LogP contribution in [-0.2, 0) is 0 Å². The monoisotopic (exact) mass is 229 g/mol. The van der Waals surface area contributed by atoms with Gasteiger partial charge in [-0.25, -0.2) is 4.39 Å². The van der Waals surface area contributed by atoms with Crippen LogP contribution in [0.1, 0.15) is 30.9 Å². The van der Waals surface area contributed by atoms with Crippen molar-refractivity contribution < 1.29 is 9.50 Å². The van der Waals surface area contributed by atoms with Gasteiger partial charge in [-0.3, -0.25) is 0 Å². The van der Waals surface area contributed by atoms with E-state index < -0.39 is 5.82 Å². The maximum absolute atomic E-state index is 13.6. The van der Waals surface area contributed by atoms with Crippen molar-refractivity contribution in [3.8, 4) is 11.8 Å². The second-order valence-corrected chi connectivity index (χ2v) is 4.32. The molecule has 2 aromatic carbocycles. The van der Waals surface area contributed by atoms with Crippen LogP contribution < -0.4 is 0 Å². The van der Waals surface area contributed by atoms with Crippen LogP contribution in [-0.4, -0.2) is 5.11 Å². The van der Waals surface area contributed by atoms with Crippen molar-refractivity contribution in [1.29, 1.82) is 5.26 Å². The molecule has 3 heteroatoms. The number of phenolic OH excluding ortho intramolecular Hbond substituents is 1. The van der Waals surface area contributed by atoms with Gasteiger partial charge in [0.25, 0.3) is 0 Å². The molecule has 86 valence electrons. The Bertz CT molecular complexity index is 626. The van der Waals surface area contributed by atoms with Crippen molar-refractivity contribution in [1.82, 2.24) is 0 Å². The van der Waals surface area contributed by atoms with E-state index in [2.05, 4.69) is 0 Å². The molecule has 1 N–H and O–H groups in total. The molecule has 0 aliphatic rings. The van der Waals surface area contributed by atoms with E-state index in [9.17, 15) is 9.50 Å². The maximum Gasteiger partial charge on any atom is 0.141 e. The summed E-state index contributed by atoms with van der Waals surface area (Å²) in [6, 6.07) is 7.86. The SMILES string of the molecule is CC(C)c1cc(O)cc2ccc(F)c(C#N)c12. The zero-order chi connectivity index (χ0) is 12.6. The molecule has 0 aromatic heterocycles. The molecule has 0 aliphatic heterocycles. The first-order valence-electron chi connectivity index (χ1n) is 5.39. The molecule has 0 atom stereocenters. The van der Waals surface area contributed by atoms with Gasteiger partial charge in [0, 0.05) is 5.39 Å². The highest BCUT2D eigenvalue weighted by Crippen LogP contribution is 2.33. The summed E-state index contributed by atoms with van der Waals surface area (Å²) in [5.74, 6) is -0.275. The third kappa shape index (κ3) is 1.83. The third-order valence-corrected chi connectivity index (χ3v) is 2.82. The Labute approximate surface area is 98.9 Å². The normalized spacial score (nSPS) is 10.8. The summed E-state index contributed by atoms with van der Waals surface area (Å²) in [6.07, 6.45) is 0. The van der Waals surface area contributed by atoms with Crippen LogP contribution >= 0.6 is 0 Å². The van der Waals surface area contributed by atoms with Crippen molar-refractivity contribution in [2.24, 2.45) is 0 Å². The molecule has 2 nitrogen and oxygen atoms in total. The van der Waals surface area contributed by atoms with Crippen LogP contribution in [0.4, 0.5) is 4.39 Å². The topological polar surface area (TPSA) is 44.0 Å². The second kappa shape index (κ2) is 4.06. The minimum absolute atomic E-state index is 0.0474. The Morgan fingerprint density at radius 1 is 1.29 bits per heavy atom. The number of hydrogen-bond donors (Lipinski definition) is 1. The van der Waals surface area contributed by atoms with Crippen LogP contribution in [0, 0.1) is 17.1 Å². The highest BCUT2D eigenvalue weighted by atomic mass is 19.1. The van der Waals surface area contributed by atoms with E-state index in [0.717, 1.165) is 5.56 Å². The van der Waals surface area contributed by atoms with Crippen molar-refractivity contribution in [2.75, 3.05) is 0 Å². The fraction of sp³-hybridized carbons (Fsp3) is 0.214. The number of benzene rings is 2. The summed E-state index contributed by atoms with van der Waals surface area (Å²) in [5, 5.41) is 19.9. The zero-order valence-corrected chi connectivity index (χ0v) is 9.66. The predicted octanol–water partition coefficient (Wildman–Crippen LogP) is 3.68. The molecule has 0 spiro atoms. The average Bonchev–Trinajstić information content (AvgIpc) is 2.28. The van der Waals surface area contributed by atoms with Gasteiger partial charge in [0.15, 0.2) is 0 Å². The van der Waals surface area contributed by atoms with Crippen LogP contribution in [0.25, 0.3) is 10.8 Å². The number of phenols is 1. The number of nitrogens with zero attached hydrogens (tertiary/aromatic N) is 1. The van der Waals surface area contributed by atoms with Crippen molar-refractivity contribution >= 4 is 10.8 Å². The van der Waals surface area contributed by atoms with E-state index in [0.29, 0.717) is 10.8 Å². The standard InChI is InChI=1S/C14H12FNO/c1-8(2)11-6-10(17)5-9-3-4-13(15)12(7-16)14(9)11/h3-6,8,17H,1-2H3. The Hall–Kier alpha value is -2.08. The quantitative estimate of drug-likeness (QED) is 0.810. The summed E-state index contributed by atoms with van der Waals surface area (Å²) < 4.78 is 13.6. The Balaban J connectivity index is 2.98. The smallest absolute Gasteiger partial charge is 0.141 e. The van der Waals surface area contributed by atoms with E-state index in [-0.39, 0.29) is 17.2 Å². The maximum atomic E-state index is 13.6. The molecule has 0 radical (unpaired) electrons. The Kier molecular flexibility index (Phi) is 2.72. The molecule has 0 bridgehead atoms. The molecule has 0 saturated carbocycles. The minimum atomic E-state index is -0.521. The Morgan fingerprint density at radius 2 is 2.00 bits per heavy atom. The minimum Gasteiger partial charge on any atom is -0.508 e. The van der Waals surface area contributed by atoms with E-state index in [4.69, 9.17) is 5.26 Å². The molecule has 2 rings (SSSR count). The molecule has 0 fully saturated rings. The molecular formula is C14H12FNO. The fourth-order valence-electron chi connectivity index (χ4n) is 2.02. The number of nitriles is 1. The fourth-order valence-corrected chi connectivity index (χ4v) is 2.02. The molecule has 0 saturated heterocycles. The lowest BCUT2D eigenvalue weighted by atomic mass is 9.92. The summed E-state index contributed by atoms with van der Waals surface area (Å²) in [4.78, 5) is 0. The number of aromatic hydroxyl groups is 1.